The topological polar surface area (TPSA) is 55.1 Å². The van der Waals surface area contributed by atoms with Gasteiger partial charge in [0, 0.05) is 16.1 Å². The first-order valence-electron chi connectivity index (χ1n) is 5.40. The molecule has 1 aromatic carbocycles. The fraction of sp³-hybridized carbons (Fsp3) is 0.417. The number of hydrogen-bond acceptors (Lipinski definition) is 2. The number of nitrogens with two attached hydrogens (primary N) is 1. The van der Waals surface area contributed by atoms with Gasteiger partial charge in [-0.25, -0.2) is 0 Å². The van der Waals surface area contributed by atoms with Crippen molar-refractivity contribution in [2.24, 2.45) is 5.73 Å². The summed E-state index contributed by atoms with van der Waals surface area (Å²) in [7, 11) is 0. The van der Waals surface area contributed by atoms with E-state index in [2.05, 4.69) is 5.32 Å². The fourth-order valence-corrected chi connectivity index (χ4v) is 2.01. The normalized spacial score (nSPS) is 14.2. The predicted molar refractivity (Wildman–Crippen MR) is 71.4 cm³/mol. The number of hydrogen-bond donors (Lipinski definition) is 2. The molecule has 0 radical (unpaired) electrons. The summed E-state index contributed by atoms with van der Waals surface area (Å²) in [6.45, 7) is 3.53. The molecule has 5 heteroatoms. The van der Waals surface area contributed by atoms with Crippen LogP contribution in [0.25, 0.3) is 0 Å². The summed E-state index contributed by atoms with van der Waals surface area (Å²) in [6, 6.07) is 4.77. The molecule has 94 valence electrons. The molecule has 0 aliphatic carbocycles. The van der Waals surface area contributed by atoms with Crippen molar-refractivity contribution in [1.82, 2.24) is 5.32 Å². The summed E-state index contributed by atoms with van der Waals surface area (Å²) in [5.41, 5.74) is 6.31. The van der Waals surface area contributed by atoms with Crippen LogP contribution in [0, 0.1) is 0 Å². The van der Waals surface area contributed by atoms with E-state index in [0.29, 0.717) is 16.5 Å². The molecule has 17 heavy (non-hydrogen) atoms. The smallest absolute Gasteiger partial charge is 0.236 e. The third kappa shape index (κ3) is 4.19. The lowest BCUT2D eigenvalue weighted by Gasteiger charge is -2.17. The van der Waals surface area contributed by atoms with Gasteiger partial charge in [-0.15, -0.1) is 0 Å². The first-order valence-corrected chi connectivity index (χ1v) is 6.16. The van der Waals surface area contributed by atoms with E-state index in [1.54, 1.807) is 25.1 Å². The van der Waals surface area contributed by atoms with E-state index >= 15 is 0 Å². The number of halogens is 2. The Hall–Kier alpha value is -0.770. The lowest BCUT2D eigenvalue weighted by Crippen LogP contribution is -2.43. The Bertz CT molecular complexity index is 387. The van der Waals surface area contributed by atoms with Crippen LogP contribution >= 0.6 is 23.2 Å². The number of benzene rings is 1. The van der Waals surface area contributed by atoms with Crippen molar-refractivity contribution < 1.29 is 4.79 Å². The van der Waals surface area contributed by atoms with E-state index in [9.17, 15) is 4.79 Å². The van der Waals surface area contributed by atoms with Crippen molar-refractivity contribution in [3.8, 4) is 0 Å². The summed E-state index contributed by atoms with van der Waals surface area (Å²) in [4.78, 5) is 11.4. The van der Waals surface area contributed by atoms with Crippen molar-refractivity contribution in [3.63, 3.8) is 0 Å². The van der Waals surface area contributed by atoms with Crippen LogP contribution in [0.15, 0.2) is 18.2 Å². The molecule has 3 nitrogen and oxygen atoms in total. The average molecular weight is 275 g/mol. The first kappa shape index (κ1) is 14.3. The minimum atomic E-state index is -0.515. The molecule has 0 heterocycles. The van der Waals surface area contributed by atoms with E-state index in [1.165, 1.54) is 0 Å². The van der Waals surface area contributed by atoms with Gasteiger partial charge in [-0.3, -0.25) is 4.79 Å². The van der Waals surface area contributed by atoms with E-state index in [-0.39, 0.29) is 11.9 Å². The molecule has 0 aliphatic rings. The summed E-state index contributed by atoms with van der Waals surface area (Å²) >= 11 is 12.1. The molecule has 1 rings (SSSR count). The van der Waals surface area contributed by atoms with Crippen LogP contribution < -0.4 is 11.1 Å². The Kier molecular flexibility index (Phi) is 5.25. The summed E-state index contributed by atoms with van der Waals surface area (Å²) in [5.74, 6) is -0.180. The van der Waals surface area contributed by atoms with Crippen molar-refractivity contribution in [1.29, 1.82) is 0 Å². The number of carbonyl (C=O) groups is 1. The van der Waals surface area contributed by atoms with Crippen molar-refractivity contribution >= 4 is 29.1 Å². The largest absolute Gasteiger partial charge is 0.352 e. The highest BCUT2D eigenvalue weighted by atomic mass is 35.5. The van der Waals surface area contributed by atoms with Crippen molar-refractivity contribution in [2.75, 3.05) is 0 Å². The Morgan fingerprint density at radius 2 is 1.88 bits per heavy atom. The second-order valence-corrected chi connectivity index (χ2v) is 4.92. The molecule has 0 spiro atoms. The second-order valence-electron chi connectivity index (χ2n) is 4.10. The Balaban J connectivity index is 2.68. The second kappa shape index (κ2) is 6.24. The third-order valence-corrected chi connectivity index (χ3v) is 3.08. The average Bonchev–Trinajstić information content (AvgIpc) is 2.23. The maximum atomic E-state index is 11.4. The Morgan fingerprint density at radius 1 is 1.35 bits per heavy atom. The van der Waals surface area contributed by atoms with Crippen LogP contribution in [0.3, 0.4) is 0 Å². The molecule has 0 saturated carbocycles. The van der Waals surface area contributed by atoms with Crippen LogP contribution in [0.4, 0.5) is 0 Å². The van der Waals surface area contributed by atoms with Crippen molar-refractivity contribution in [2.45, 2.75) is 32.4 Å². The molecule has 1 aromatic rings. The molecule has 0 bridgehead atoms. The van der Waals surface area contributed by atoms with Gasteiger partial charge in [-0.1, -0.05) is 29.3 Å². The van der Waals surface area contributed by atoms with Crippen LogP contribution in [-0.2, 0) is 11.2 Å². The highest BCUT2D eigenvalue weighted by Crippen LogP contribution is 2.25. The van der Waals surface area contributed by atoms with Gasteiger partial charge < -0.3 is 11.1 Å². The number of amides is 1. The number of carbonyl (C=O) groups excluding carboxylic acids is 1. The highest BCUT2D eigenvalue weighted by Gasteiger charge is 2.14. The SMILES string of the molecule is CC(Cc1c(Cl)cccc1Cl)NC(=O)C(C)N. The van der Waals surface area contributed by atoms with Crippen LogP contribution in [-0.4, -0.2) is 18.0 Å². The molecule has 0 saturated heterocycles. The zero-order valence-corrected chi connectivity index (χ0v) is 11.3. The number of nitrogens with one attached hydrogen (secondary N) is 1. The van der Waals surface area contributed by atoms with E-state index in [1.807, 2.05) is 6.92 Å². The molecule has 2 atom stereocenters. The highest BCUT2D eigenvalue weighted by molar-refractivity contribution is 6.36. The minimum absolute atomic E-state index is 0.0640. The maximum absolute atomic E-state index is 11.4. The van der Waals surface area contributed by atoms with Gasteiger partial charge in [0.1, 0.15) is 0 Å². The summed E-state index contributed by atoms with van der Waals surface area (Å²) in [5, 5.41) is 4.02. The molecular formula is C12H16Cl2N2O. The van der Waals surface area contributed by atoms with Gasteiger partial charge in [0.25, 0.3) is 0 Å². The predicted octanol–water partition coefficient (Wildman–Crippen LogP) is 2.39. The van der Waals surface area contributed by atoms with Crippen molar-refractivity contribution in [3.05, 3.63) is 33.8 Å². The van der Waals surface area contributed by atoms with E-state index < -0.39 is 6.04 Å². The maximum Gasteiger partial charge on any atom is 0.236 e. The fourth-order valence-electron chi connectivity index (χ4n) is 1.46. The zero-order valence-electron chi connectivity index (χ0n) is 9.84. The monoisotopic (exact) mass is 274 g/mol. The molecule has 3 N–H and O–H groups in total. The molecule has 2 unspecified atom stereocenters. The van der Waals surface area contributed by atoms with Crippen LogP contribution in [0.5, 0.6) is 0 Å². The lowest BCUT2D eigenvalue weighted by molar-refractivity contribution is -0.122. The number of rotatable bonds is 4. The van der Waals surface area contributed by atoms with Gasteiger partial charge in [0.05, 0.1) is 6.04 Å². The van der Waals surface area contributed by atoms with E-state index in [4.69, 9.17) is 28.9 Å². The first-order chi connectivity index (χ1) is 7.91. The summed E-state index contributed by atoms with van der Waals surface area (Å²) < 4.78 is 0. The molecular weight excluding hydrogens is 259 g/mol. The van der Waals surface area contributed by atoms with Crippen LogP contribution in [0.1, 0.15) is 19.4 Å². The van der Waals surface area contributed by atoms with E-state index in [0.717, 1.165) is 5.56 Å². The molecule has 0 fully saturated rings. The van der Waals surface area contributed by atoms with Crippen LogP contribution in [0.2, 0.25) is 10.0 Å². The lowest BCUT2D eigenvalue weighted by atomic mass is 10.1. The molecule has 1 amide bonds. The zero-order chi connectivity index (χ0) is 13.0. The standard InChI is InChI=1S/C12H16Cl2N2O/c1-7(16-12(17)8(2)15)6-9-10(13)4-3-5-11(9)14/h3-5,7-8H,6,15H2,1-2H3,(H,16,17). The third-order valence-electron chi connectivity index (χ3n) is 2.37. The quantitative estimate of drug-likeness (QED) is 0.886. The van der Waals surface area contributed by atoms with Gasteiger partial charge in [-0.2, -0.15) is 0 Å². The van der Waals surface area contributed by atoms with Gasteiger partial charge in [0.2, 0.25) is 5.91 Å². The molecule has 0 aliphatic heterocycles. The Labute approximate surface area is 111 Å². The van der Waals surface area contributed by atoms with Gasteiger partial charge in [0.15, 0.2) is 0 Å². The van der Waals surface area contributed by atoms with Gasteiger partial charge in [-0.05, 0) is 38.0 Å². The summed E-state index contributed by atoms with van der Waals surface area (Å²) in [6.07, 6.45) is 0.580. The Morgan fingerprint density at radius 3 is 2.35 bits per heavy atom. The minimum Gasteiger partial charge on any atom is -0.352 e. The molecule has 0 aromatic heterocycles. The van der Waals surface area contributed by atoms with Gasteiger partial charge >= 0.3 is 0 Å².